The predicted molar refractivity (Wildman–Crippen MR) is 75.0 cm³/mol. The van der Waals surface area contributed by atoms with Gasteiger partial charge in [0, 0.05) is 12.1 Å². The molecule has 0 spiro atoms. The standard InChI is InChI=1S/C16H29N/c1-6-7-8-12(2)17-14-11-13-9-10-16(14,5)15(13,3)4/h6,12-14,17H,1,7-11H2,2-5H3. The Hall–Kier alpha value is -0.300. The lowest BCUT2D eigenvalue weighted by Crippen LogP contribution is -2.47. The minimum Gasteiger partial charge on any atom is -0.311 e. The topological polar surface area (TPSA) is 12.0 Å². The third-order valence-electron chi connectivity index (χ3n) is 6.08. The zero-order valence-electron chi connectivity index (χ0n) is 12.1. The second-order valence-electron chi connectivity index (χ2n) is 7.10. The van der Waals surface area contributed by atoms with E-state index in [1.54, 1.807) is 0 Å². The summed E-state index contributed by atoms with van der Waals surface area (Å²) in [6.07, 6.45) is 8.64. The van der Waals surface area contributed by atoms with Crippen molar-refractivity contribution in [2.45, 2.75) is 71.9 Å². The quantitative estimate of drug-likeness (QED) is 0.706. The van der Waals surface area contributed by atoms with Crippen molar-refractivity contribution < 1.29 is 0 Å². The summed E-state index contributed by atoms with van der Waals surface area (Å²) in [5, 5.41) is 3.89. The Labute approximate surface area is 107 Å². The zero-order valence-corrected chi connectivity index (χ0v) is 12.1. The lowest BCUT2D eigenvalue weighted by Gasteiger charge is -2.40. The summed E-state index contributed by atoms with van der Waals surface area (Å²) in [6, 6.07) is 1.36. The largest absolute Gasteiger partial charge is 0.311 e. The van der Waals surface area contributed by atoms with Gasteiger partial charge in [-0.15, -0.1) is 6.58 Å². The third-order valence-corrected chi connectivity index (χ3v) is 6.08. The van der Waals surface area contributed by atoms with Crippen molar-refractivity contribution in [1.82, 2.24) is 5.32 Å². The van der Waals surface area contributed by atoms with Crippen molar-refractivity contribution in [3.05, 3.63) is 12.7 Å². The molecule has 2 saturated carbocycles. The van der Waals surface area contributed by atoms with Crippen LogP contribution in [-0.2, 0) is 0 Å². The molecule has 0 aliphatic heterocycles. The van der Waals surface area contributed by atoms with E-state index in [0.29, 0.717) is 16.9 Å². The first-order valence-corrected chi connectivity index (χ1v) is 7.29. The van der Waals surface area contributed by atoms with Gasteiger partial charge < -0.3 is 5.32 Å². The molecule has 4 unspecified atom stereocenters. The fraction of sp³-hybridized carbons (Fsp3) is 0.875. The lowest BCUT2D eigenvalue weighted by atomic mass is 9.69. The molecule has 0 aromatic rings. The molecule has 1 nitrogen and oxygen atoms in total. The van der Waals surface area contributed by atoms with Gasteiger partial charge in [0.05, 0.1) is 0 Å². The van der Waals surface area contributed by atoms with Crippen LogP contribution in [0.2, 0.25) is 0 Å². The second kappa shape index (κ2) is 4.42. The highest BCUT2D eigenvalue weighted by Crippen LogP contribution is 2.65. The van der Waals surface area contributed by atoms with Gasteiger partial charge in [-0.05, 0) is 55.8 Å². The molecule has 0 radical (unpaired) electrons. The molecule has 0 amide bonds. The molecule has 1 heteroatoms. The van der Waals surface area contributed by atoms with Crippen LogP contribution in [0.15, 0.2) is 12.7 Å². The highest BCUT2D eigenvalue weighted by Gasteiger charge is 2.61. The van der Waals surface area contributed by atoms with Gasteiger partial charge in [0.2, 0.25) is 0 Å². The molecule has 0 aromatic carbocycles. The maximum Gasteiger partial charge on any atom is 0.0131 e. The van der Waals surface area contributed by atoms with Crippen LogP contribution in [-0.4, -0.2) is 12.1 Å². The molecule has 2 bridgehead atoms. The first-order valence-electron chi connectivity index (χ1n) is 7.29. The molecule has 2 aliphatic rings. The van der Waals surface area contributed by atoms with Gasteiger partial charge in [0.1, 0.15) is 0 Å². The number of nitrogens with one attached hydrogen (secondary N) is 1. The van der Waals surface area contributed by atoms with Crippen molar-refractivity contribution in [2.24, 2.45) is 16.7 Å². The van der Waals surface area contributed by atoms with Crippen LogP contribution in [0.1, 0.15) is 59.8 Å². The number of hydrogen-bond donors (Lipinski definition) is 1. The number of allylic oxidation sites excluding steroid dienone is 1. The minimum atomic E-state index is 0.514. The predicted octanol–water partition coefficient (Wildman–Crippen LogP) is 4.15. The first-order chi connectivity index (χ1) is 7.91. The van der Waals surface area contributed by atoms with E-state index in [9.17, 15) is 0 Å². The van der Waals surface area contributed by atoms with Gasteiger partial charge in [-0.25, -0.2) is 0 Å². The van der Waals surface area contributed by atoms with Crippen molar-refractivity contribution in [3.63, 3.8) is 0 Å². The van der Waals surface area contributed by atoms with Gasteiger partial charge in [-0.1, -0.05) is 26.8 Å². The van der Waals surface area contributed by atoms with E-state index < -0.39 is 0 Å². The van der Waals surface area contributed by atoms with Crippen LogP contribution in [0.5, 0.6) is 0 Å². The average Bonchev–Trinajstić information content (AvgIpc) is 2.59. The summed E-state index contributed by atoms with van der Waals surface area (Å²) in [4.78, 5) is 0. The van der Waals surface area contributed by atoms with E-state index in [4.69, 9.17) is 0 Å². The summed E-state index contributed by atoms with van der Waals surface area (Å²) >= 11 is 0. The number of fused-ring (bicyclic) bond motifs is 2. The molecule has 2 rings (SSSR count). The van der Waals surface area contributed by atoms with Crippen LogP contribution >= 0.6 is 0 Å². The molecule has 4 atom stereocenters. The van der Waals surface area contributed by atoms with Gasteiger partial charge in [0.25, 0.3) is 0 Å². The Morgan fingerprint density at radius 3 is 2.59 bits per heavy atom. The maximum absolute atomic E-state index is 3.89. The Kier molecular flexibility index (Phi) is 3.42. The van der Waals surface area contributed by atoms with E-state index >= 15 is 0 Å². The van der Waals surface area contributed by atoms with E-state index in [0.717, 1.165) is 18.4 Å². The van der Waals surface area contributed by atoms with Gasteiger partial charge in [-0.2, -0.15) is 0 Å². The molecule has 98 valence electrons. The Bertz CT molecular complexity index is 294. The Morgan fingerprint density at radius 2 is 2.12 bits per heavy atom. The van der Waals surface area contributed by atoms with E-state index in [2.05, 4.69) is 39.6 Å². The van der Waals surface area contributed by atoms with Gasteiger partial charge in [-0.3, -0.25) is 0 Å². The summed E-state index contributed by atoms with van der Waals surface area (Å²) in [5.74, 6) is 0.941. The van der Waals surface area contributed by atoms with Gasteiger partial charge in [0.15, 0.2) is 0 Å². The van der Waals surface area contributed by atoms with Crippen molar-refractivity contribution in [1.29, 1.82) is 0 Å². The lowest BCUT2D eigenvalue weighted by molar-refractivity contribution is 0.115. The molecule has 2 aliphatic carbocycles. The smallest absolute Gasteiger partial charge is 0.0131 e. The average molecular weight is 235 g/mol. The summed E-state index contributed by atoms with van der Waals surface area (Å²) in [5.41, 5.74) is 1.04. The molecule has 0 aromatic heterocycles. The normalized spacial score (nSPS) is 40.5. The van der Waals surface area contributed by atoms with E-state index in [1.165, 1.54) is 25.7 Å². The van der Waals surface area contributed by atoms with Crippen molar-refractivity contribution in [3.8, 4) is 0 Å². The third kappa shape index (κ3) is 1.97. The van der Waals surface area contributed by atoms with Crippen LogP contribution < -0.4 is 5.32 Å². The molecule has 17 heavy (non-hydrogen) atoms. The van der Waals surface area contributed by atoms with Crippen molar-refractivity contribution >= 4 is 0 Å². The van der Waals surface area contributed by atoms with Gasteiger partial charge >= 0.3 is 0 Å². The minimum absolute atomic E-state index is 0.514. The molecule has 0 heterocycles. The van der Waals surface area contributed by atoms with Crippen LogP contribution in [0, 0.1) is 16.7 Å². The van der Waals surface area contributed by atoms with E-state index in [-0.39, 0.29) is 0 Å². The molecular formula is C16H29N. The summed E-state index contributed by atoms with van der Waals surface area (Å²) in [7, 11) is 0. The molecule has 0 saturated heterocycles. The molecule has 2 fully saturated rings. The second-order valence-corrected chi connectivity index (χ2v) is 7.10. The molecule has 1 N–H and O–H groups in total. The Balaban J connectivity index is 1.98. The van der Waals surface area contributed by atoms with Crippen LogP contribution in [0.3, 0.4) is 0 Å². The van der Waals surface area contributed by atoms with Crippen molar-refractivity contribution in [2.75, 3.05) is 0 Å². The number of rotatable bonds is 5. The maximum atomic E-state index is 3.89. The van der Waals surface area contributed by atoms with Crippen LogP contribution in [0.4, 0.5) is 0 Å². The highest BCUT2D eigenvalue weighted by atomic mass is 15.0. The number of hydrogen-bond acceptors (Lipinski definition) is 1. The van der Waals surface area contributed by atoms with E-state index in [1.807, 2.05) is 6.08 Å². The first kappa shape index (κ1) is 13.1. The summed E-state index contributed by atoms with van der Waals surface area (Å²) in [6.45, 7) is 13.6. The molecular weight excluding hydrogens is 206 g/mol. The zero-order chi connectivity index (χ0) is 12.7. The monoisotopic (exact) mass is 235 g/mol. The summed E-state index contributed by atoms with van der Waals surface area (Å²) < 4.78 is 0. The fourth-order valence-corrected chi connectivity index (χ4v) is 4.25. The Morgan fingerprint density at radius 1 is 1.41 bits per heavy atom. The fourth-order valence-electron chi connectivity index (χ4n) is 4.25. The van der Waals surface area contributed by atoms with Crippen LogP contribution in [0.25, 0.3) is 0 Å². The highest BCUT2D eigenvalue weighted by molar-refractivity contribution is 5.13. The SMILES string of the molecule is C=CCCC(C)NC1CC2CCC1(C)C2(C)C.